The molecule has 0 unspecified atom stereocenters. The number of carboxylic acids is 1. The second-order valence-electron chi connectivity index (χ2n) is 8.84. The summed E-state index contributed by atoms with van der Waals surface area (Å²) in [7, 11) is 0. The van der Waals surface area contributed by atoms with E-state index in [-0.39, 0.29) is 6.42 Å². The van der Waals surface area contributed by atoms with Crippen LogP contribution in [0.5, 0.6) is 5.75 Å². The molecular formula is C28H27NO4. The number of carbonyl (C=O) groups is 1. The molecular weight excluding hydrogens is 414 g/mol. The van der Waals surface area contributed by atoms with Gasteiger partial charge in [0.05, 0.1) is 12.7 Å². The molecule has 3 N–H and O–H groups in total. The van der Waals surface area contributed by atoms with E-state index in [0.29, 0.717) is 24.5 Å². The van der Waals surface area contributed by atoms with Crippen LogP contribution in [0, 0.1) is 5.92 Å². The summed E-state index contributed by atoms with van der Waals surface area (Å²) in [4.78, 5) is 11.4. The lowest BCUT2D eigenvalue weighted by atomic mass is 9.99. The number of nitrogens with two attached hydrogens (primary N) is 1. The van der Waals surface area contributed by atoms with Crippen LogP contribution in [0.3, 0.4) is 0 Å². The quantitative estimate of drug-likeness (QED) is 0.347. The van der Waals surface area contributed by atoms with Crippen LogP contribution in [0.15, 0.2) is 71.3 Å². The lowest BCUT2D eigenvalue weighted by molar-refractivity contribution is -0.136. The fourth-order valence-corrected chi connectivity index (χ4v) is 4.29. The molecule has 0 amide bonds. The largest absolute Gasteiger partial charge is 0.489 e. The highest BCUT2D eigenvalue weighted by Crippen LogP contribution is 2.35. The van der Waals surface area contributed by atoms with Gasteiger partial charge in [-0.1, -0.05) is 30.3 Å². The molecule has 1 aliphatic carbocycles. The van der Waals surface area contributed by atoms with Gasteiger partial charge in [-0.05, 0) is 77.8 Å². The van der Waals surface area contributed by atoms with Crippen molar-refractivity contribution in [2.45, 2.75) is 38.8 Å². The minimum absolute atomic E-state index is 0.0586. The highest BCUT2D eigenvalue weighted by Gasteiger charge is 2.22. The predicted octanol–water partition coefficient (Wildman–Crippen LogP) is 5.72. The van der Waals surface area contributed by atoms with Gasteiger partial charge >= 0.3 is 5.97 Å². The van der Waals surface area contributed by atoms with Gasteiger partial charge in [-0.25, -0.2) is 0 Å². The van der Waals surface area contributed by atoms with Crippen molar-refractivity contribution < 1.29 is 19.1 Å². The van der Waals surface area contributed by atoms with Gasteiger partial charge in [0.25, 0.3) is 0 Å². The molecule has 4 aromatic rings. The maximum atomic E-state index is 11.4. The Labute approximate surface area is 192 Å². The van der Waals surface area contributed by atoms with Crippen molar-refractivity contribution in [1.29, 1.82) is 0 Å². The van der Waals surface area contributed by atoms with Gasteiger partial charge < -0.3 is 20.0 Å². The highest BCUT2D eigenvalue weighted by atomic mass is 16.5. The lowest BCUT2D eigenvalue weighted by Crippen LogP contribution is -2.05. The standard InChI is InChI=1S/C28H27NO4/c29-16-20-2-1-3-22(11-20)25-13-21(12-24-8-9-32-28(24)25)17-33-26-14-19(10-18-4-5-18)6-7-23(26)15-27(30)31/h1-3,6-9,11-14,18H,4-5,10,15-17,29H2,(H,30,31). The molecule has 168 valence electrons. The average molecular weight is 442 g/mol. The smallest absolute Gasteiger partial charge is 0.307 e. The number of rotatable bonds is 9. The summed E-state index contributed by atoms with van der Waals surface area (Å²) in [6.07, 6.45) is 5.19. The summed E-state index contributed by atoms with van der Waals surface area (Å²) < 4.78 is 12.0. The van der Waals surface area contributed by atoms with Crippen molar-refractivity contribution in [2.75, 3.05) is 0 Å². The first-order valence-corrected chi connectivity index (χ1v) is 11.3. The summed E-state index contributed by atoms with van der Waals surface area (Å²) in [6, 6.07) is 20.1. The van der Waals surface area contributed by atoms with Gasteiger partial charge in [-0.3, -0.25) is 4.79 Å². The second-order valence-corrected chi connectivity index (χ2v) is 8.84. The van der Waals surface area contributed by atoms with Gasteiger partial charge in [0, 0.05) is 23.1 Å². The molecule has 1 heterocycles. The summed E-state index contributed by atoms with van der Waals surface area (Å²) >= 11 is 0. The normalized spacial score (nSPS) is 13.4. The Morgan fingerprint density at radius 2 is 1.91 bits per heavy atom. The Balaban J connectivity index is 1.45. The topological polar surface area (TPSA) is 85.7 Å². The lowest BCUT2D eigenvalue weighted by Gasteiger charge is -2.14. The molecule has 1 saturated carbocycles. The van der Waals surface area contributed by atoms with Crippen LogP contribution in [0.25, 0.3) is 22.1 Å². The van der Waals surface area contributed by atoms with Crippen LogP contribution < -0.4 is 10.5 Å². The van der Waals surface area contributed by atoms with Gasteiger partial charge in [-0.15, -0.1) is 0 Å². The molecule has 0 radical (unpaired) electrons. The molecule has 1 aliphatic rings. The van der Waals surface area contributed by atoms with E-state index in [0.717, 1.165) is 45.6 Å². The molecule has 1 fully saturated rings. The van der Waals surface area contributed by atoms with Gasteiger partial charge in [0.1, 0.15) is 17.9 Å². The van der Waals surface area contributed by atoms with Crippen LogP contribution in [0.4, 0.5) is 0 Å². The Hall–Kier alpha value is -3.57. The van der Waals surface area contributed by atoms with Crippen LogP contribution in [0.2, 0.25) is 0 Å². The number of ether oxygens (including phenoxy) is 1. The van der Waals surface area contributed by atoms with Gasteiger partial charge in [-0.2, -0.15) is 0 Å². The molecule has 3 aromatic carbocycles. The molecule has 5 heteroatoms. The SMILES string of the molecule is NCc1cccc(-c2cc(COc3cc(CC4CC4)ccc3CC(=O)O)cc3ccoc23)c1. The highest BCUT2D eigenvalue weighted by molar-refractivity contribution is 5.93. The number of aliphatic carboxylic acids is 1. The van der Waals surface area contributed by atoms with Crippen molar-refractivity contribution >= 4 is 16.9 Å². The minimum Gasteiger partial charge on any atom is -0.489 e. The van der Waals surface area contributed by atoms with Crippen molar-refractivity contribution in [3.8, 4) is 16.9 Å². The van der Waals surface area contributed by atoms with Crippen molar-refractivity contribution in [2.24, 2.45) is 11.7 Å². The molecule has 0 aliphatic heterocycles. The Kier molecular flexibility index (Phi) is 5.88. The first-order chi connectivity index (χ1) is 16.1. The molecule has 0 saturated heterocycles. The Bertz CT molecular complexity index is 1300. The third kappa shape index (κ3) is 4.94. The predicted molar refractivity (Wildman–Crippen MR) is 128 cm³/mol. The molecule has 0 bridgehead atoms. The molecule has 0 atom stereocenters. The van der Waals surface area contributed by atoms with Crippen LogP contribution in [-0.4, -0.2) is 11.1 Å². The molecule has 5 rings (SSSR count). The van der Waals surface area contributed by atoms with E-state index < -0.39 is 5.97 Å². The number of hydrogen-bond donors (Lipinski definition) is 2. The van der Waals surface area contributed by atoms with E-state index in [1.807, 2.05) is 42.5 Å². The zero-order chi connectivity index (χ0) is 22.8. The van der Waals surface area contributed by atoms with Gasteiger partial charge in [0.15, 0.2) is 0 Å². The fourth-order valence-electron chi connectivity index (χ4n) is 4.29. The number of hydrogen-bond acceptors (Lipinski definition) is 4. The minimum atomic E-state index is -0.864. The first-order valence-electron chi connectivity index (χ1n) is 11.3. The number of carboxylic acid groups (broad SMARTS) is 1. The van der Waals surface area contributed by atoms with E-state index in [9.17, 15) is 9.90 Å². The summed E-state index contributed by atoms with van der Waals surface area (Å²) in [5.41, 5.74) is 12.6. The van der Waals surface area contributed by atoms with Crippen LogP contribution >= 0.6 is 0 Å². The van der Waals surface area contributed by atoms with E-state index in [1.165, 1.54) is 18.4 Å². The van der Waals surface area contributed by atoms with Gasteiger partial charge in [0.2, 0.25) is 0 Å². The summed E-state index contributed by atoms with van der Waals surface area (Å²) in [5.74, 6) is 0.532. The zero-order valence-electron chi connectivity index (χ0n) is 18.4. The summed E-state index contributed by atoms with van der Waals surface area (Å²) in [6.45, 7) is 0.811. The summed E-state index contributed by atoms with van der Waals surface area (Å²) in [5, 5.41) is 10.3. The zero-order valence-corrected chi connectivity index (χ0v) is 18.4. The van der Waals surface area contributed by atoms with Crippen molar-refractivity contribution in [1.82, 2.24) is 0 Å². The van der Waals surface area contributed by atoms with Crippen LogP contribution in [0.1, 0.15) is 35.1 Å². The molecule has 1 aromatic heterocycles. The van der Waals surface area contributed by atoms with Crippen LogP contribution in [-0.2, 0) is 30.8 Å². The van der Waals surface area contributed by atoms with E-state index in [2.05, 4.69) is 18.2 Å². The monoisotopic (exact) mass is 441 g/mol. The third-order valence-corrected chi connectivity index (χ3v) is 6.17. The molecule has 33 heavy (non-hydrogen) atoms. The molecule has 0 spiro atoms. The first kappa shape index (κ1) is 21.3. The number of fused-ring (bicyclic) bond motifs is 1. The van der Waals surface area contributed by atoms with Crippen molar-refractivity contribution in [3.05, 3.63) is 89.2 Å². The fraction of sp³-hybridized carbons (Fsp3) is 0.250. The maximum absolute atomic E-state index is 11.4. The average Bonchev–Trinajstić information content (AvgIpc) is 3.51. The van der Waals surface area contributed by atoms with E-state index in [1.54, 1.807) is 6.26 Å². The maximum Gasteiger partial charge on any atom is 0.307 e. The van der Waals surface area contributed by atoms with Crippen molar-refractivity contribution in [3.63, 3.8) is 0 Å². The Morgan fingerprint density at radius 1 is 1.03 bits per heavy atom. The van der Waals surface area contributed by atoms with E-state index >= 15 is 0 Å². The Morgan fingerprint density at radius 3 is 2.70 bits per heavy atom. The molecule has 5 nitrogen and oxygen atoms in total. The second kappa shape index (κ2) is 9.12. The van der Waals surface area contributed by atoms with E-state index in [4.69, 9.17) is 14.9 Å². The number of furan rings is 1. The number of benzene rings is 3. The third-order valence-electron chi connectivity index (χ3n) is 6.17.